The minimum atomic E-state index is -0.510. The second kappa shape index (κ2) is 9.94. The van der Waals surface area contributed by atoms with Gasteiger partial charge in [-0.2, -0.15) is 14.9 Å². The van der Waals surface area contributed by atoms with Crippen molar-refractivity contribution in [1.29, 1.82) is 5.26 Å². The number of rotatable bonds is 9. The summed E-state index contributed by atoms with van der Waals surface area (Å²) >= 11 is 0. The fourth-order valence-electron chi connectivity index (χ4n) is 3.99. The van der Waals surface area contributed by atoms with Crippen LogP contribution in [0.15, 0.2) is 24.7 Å². The third kappa shape index (κ3) is 4.71. The number of anilines is 2. The molecule has 3 unspecified atom stereocenters. The normalized spacial score (nSPS) is 16.8. The predicted octanol–water partition coefficient (Wildman–Crippen LogP) is 2.04. The maximum absolute atomic E-state index is 14.2. The third-order valence-corrected chi connectivity index (χ3v) is 5.67. The van der Waals surface area contributed by atoms with Crippen LogP contribution >= 0.6 is 0 Å². The number of likely N-dealkylation sites (N-methyl/N-ethyl adjacent to an activating group) is 1. The highest BCUT2D eigenvalue weighted by Gasteiger charge is 2.26. The van der Waals surface area contributed by atoms with Crippen LogP contribution in [0.3, 0.4) is 0 Å². The van der Waals surface area contributed by atoms with Gasteiger partial charge in [-0.3, -0.25) is 4.79 Å². The SMILES string of the molecule is CNCC(C)Oc1ncc(F)cc1C(C)Nc1nc2c(C=O)cnn2c(N)c1C1=CNC(C#N)C1. The van der Waals surface area contributed by atoms with Crippen LogP contribution < -0.4 is 26.4 Å². The van der Waals surface area contributed by atoms with E-state index in [9.17, 15) is 14.4 Å². The molecule has 3 aromatic rings. The number of nitrogens with two attached hydrogens (primary N) is 1. The first-order valence-electron chi connectivity index (χ1n) is 11.1. The van der Waals surface area contributed by atoms with Gasteiger partial charge in [-0.15, -0.1) is 0 Å². The van der Waals surface area contributed by atoms with Gasteiger partial charge in [0.05, 0.1) is 35.6 Å². The van der Waals surface area contributed by atoms with E-state index in [2.05, 4.69) is 37.1 Å². The summed E-state index contributed by atoms with van der Waals surface area (Å²) in [6.45, 7) is 4.27. The minimum Gasteiger partial charge on any atom is -0.473 e. The molecule has 3 aromatic heterocycles. The molecule has 11 nitrogen and oxygen atoms in total. The predicted molar refractivity (Wildman–Crippen MR) is 128 cm³/mol. The van der Waals surface area contributed by atoms with Crippen molar-refractivity contribution in [3.05, 3.63) is 47.2 Å². The van der Waals surface area contributed by atoms with Crippen LogP contribution in [-0.4, -0.2) is 51.6 Å². The van der Waals surface area contributed by atoms with Crippen LogP contribution in [0.2, 0.25) is 0 Å². The lowest BCUT2D eigenvalue weighted by Gasteiger charge is -2.22. The van der Waals surface area contributed by atoms with Crippen LogP contribution in [0.1, 0.15) is 47.8 Å². The number of ether oxygens (including phenoxy) is 1. The van der Waals surface area contributed by atoms with Gasteiger partial charge < -0.3 is 26.4 Å². The highest BCUT2D eigenvalue weighted by atomic mass is 19.1. The molecular weight excluding hydrogens is 453 g/mol. The summed E-state index contributed by atoms with van der Waals surface area (Å²) in [5.74, 6) is 0.384. The molecule has 12 heteroatoms. The van der Waals surface area contributed by atoms with E-state index in [1.54, 1.807) is 6.20 Å². The monoisotopic (exact) mass is 479 g/mol. The van der Waals surface area contributed by atoms with Crippen LogP contribution in [0.5, 0.6) is 5.88 Å². The first-order chi connectivity index (χ1) is 16.9. The zero-order valence-electron chi connectivity index (χ0n) is 19.5. The second-order valence-corrected chi connectivity index (χ2v) is 8.30. The Labute approximate surface area is 201 Å². The molecule has 0 fully saturated rings. The standard InChI is InChI=1S/C23H26FN9O2/c1-12(7-27-3)35-23-18(5-16(24)10-29-23)13(2)31-21-19(14-4-17(6-25)28-8-14)20(26)33-22(32-21)15(11-34)9-30-33/h5,8-13,17,27-28H,4,7,26H2,1-3H3,(H,31,32). The number of aldehydes is 1. The summed E-state index contributed by atoms with van der Waals surface area (Å²) in [5.41, 5.74) is 8.78. The molecule has 0 aromatic carbocycles. The van der Waals surface area contributed by atoms with Gasteiger partial charge in [0, 0.05) is 24.7 Å². The summed E-state index contributed by atoms with van der Waals surface area (Å²) in [6.07, 6.45) is 5.04. The highest BCUT2D eigenvalue weighted by molar-refractivity contribution is 5.89. The largest absolute Gasteiger partial charge is 0.473 e. The van der Waals surface area contributed by atoms with E-state index in [-0.39, 0.29) is 29.0 Å². The number of nitriles is 1. The topological polar surface area (TPSA) is 155 Å². The van der Waals surface area contributed by atoms with Crippen molar-refractivity contribution in [1.82, 2.24) is 30.2 Å². The Bertz CT molecular complexity index is 1330. The fourth-order valence-corrected chi connectivity index (χ4v) is 3.99. The average Bonchev–Trinajstić information content (AvgIpc) is 3.47. The quantitative estimate of drug-likeness (QED) is 0.335. The van der Waals surface area contributed by atoms with E-state index in [1.807, 2.05) is 20.9 Å². The van der Waals surface area contributed by atoms with Crippen LogP contribution in [-0.2, 0) is 0 Å². The molecule has 0 radical (unpaired) electrons. The molecular formula is C23H26FN9O2. The van der Waals surface area contributed by atoms with Crippen molar-refractivity contribution in [2.75, 3.05) is 24.6 Å². The van der Waals surface area contributed by atoms with Crippen molar-refractivity contribution in [2.24, 2.45) is 0 Å². The Morgan fingerprint density at radius 3 is 2.94 bits per heavy atom. The number of hydrogen-bond acceptors (Lipinski definition) is 10. The van der Waals surface area contributed by atoms with Gasteiger partial charge in [-0.05, 0) is 32.5 Å². The van der Waals surface area contributed by atoms with Crippen molar-refractivity contribution < 1.29 is 13.9 Å². The summed E-state index contributed by atoms with van der Waals surface area (Å²) in [5, 5.41) is 22.8. The Morgan fingerprint density at radius 2 is 2.26 bits per heavy atom. The fraction of sp³-hybridized carbons (Fsp3) is 0.348. The molecule has 0 amide bonds. The lowest BCUT2D eigenvalue weighted by Crippen LogP contribution is -2.27. The van der Waals surface area contributed by atoms with Crippen LogP contribution in [0.25, 0.3) is 11.2 Å². The van der Waals surface area contributed by atoms with Gasteiger partial charge in [0.25, 0.3) is 0 Å². The molecule has 0 bridgehead atoms. The number of carbonyl (C=O) groups excluding carboxylic acids is 1. The zero-order valence-corrected chi connectivity index (χ0v) is 19.5. The van der Waals surface area contributed by atoms with Gasteiger partial charge in [0.2, 0.25) is 5.88 Å². The lowest BCUT2D eigenvalue weighted by atomic mass is 10.0. The number of nitrogens with zero attached hydrogens (tertiary/aromatic N) is 5. The molecule has 0 saturated carbocycles. The number of nitrogen functional groups attached to an aromatic ring is 1. The van der Waals surface area contributed by atoms with E-state index < -0.39 is 17.9 Å². The molecule has 5 N–H and O–H groups in total. The maximum Gasteiger partial charge on any atom is 0.219 e. The first kappa shape index (κ1) is 23.9. The van der Waals surface area contributed by atoms with Gasteiger partial charge in [0.15, 0.2) is 11.9 Å². The number of hydrogen-bond donors (Lipinski definition) is 4. The van der Waals surface area contributed by atoms with E-state index in [0.29, 0.717) is 36.2 Å². The molecule has 0 saturated heterocycles. The van der Waals surface area contributed by atoms with Gasteiger partial charge >= 0.3 is 0 Å². The molecule has 4 heterocycles. The molecule has 35 heavy (non-hydrogen) atoms. The van der Waals surface area contributed by atoms with Gasteiger partial charge in [0.1, 0.15) is 29.6 Å². The van der Waals surface area contributed by atoms with Crippen LogP contribution in [0, 0.1) is 17.1 Å². The maximum atomic E-state index is 14.2. The number of carbonyl (C=O) groups is 1. The van der Waals surface area contributed by atoms with E-state index >= 15 is 0 Å². The van der Waals surface area contributed by atoms with E-state index in [1.165, 1.54) is 16.8 Å². The van der Waals surface area contributed by atoms with Gasteiger partial charge in [-0.25, -0.2) is 14.4 Å². The number of aromatic nitrogens is 4. The first-order valence-corrected chi connectivity index (χ1v) is 11.1. The van der Waals surface area contributed by atoms with Crippen molar-refractivity contribution in [2.45, 2.75) is 38.5 Å². The number of pyridine rings is 1. The molecule has 4 rings (SSSR count). The average molecular weight is 480 g/mol. The number of halogens is 1. The Balaban J connectivity index is 1.77. The molecule has 0 spiro atoms. The summed E-state index contributed by atoms with van der Waals surface area (Å²) < 4.78 is 21.5. The Kier molecular flexibility index (Phi) is 6.79. The van der Waals surface area contributed by atoms with Crippen molar-refractivity contribution in [3.8, 4) is 11.9 Å². The molecule has 1 aliphatic heterocycles. The molecule has 0 aliphatic carbocycles. The Morgan fingerprint density at radius 1 is 1.46 bits per heavy atom. The number of nitrogens with one attached hydrogen (secondary N) is 3. The minimum absolute atomic E-state index is 0.204. The lowest BCUT2D eigenvalue weighted by molar-refractivity contribution is 0.112. The zero-order chi connectivity index (χ0) is 25.1. The smallest absolute Gasteiger partial charge is 0.219 e. The summed E-state index contributed by atoms with van der Waals surface area (Å²) in [4.78, 5) is 20.3. The molecule has 3 atom stereocenters. The molecule has 182 valence electrons. The van der Waals surface area contributed by atoms with Crippen molar-refractivity contribution >= 4 is 29.1 Å². The van der Waals surface area contributed by atoms with Crippen molar-refractivity contribution in [3.63, 3.8) is 0 Å². The summed E-state index contributed by atoms with van der Waals surface area (Å²) in [6, 6.07) is 2.61. The summed E-state index contributed by atoms with van der Waals surface area (Å²) in [7, 11) is 1.81. The van der Waals surface area contributed by atoms with Gasteiger partial charge in [-0.1, -0.05) is 0 Å². The second-order valence-electron chi connectivity index (χ2n) is 8.30. The highest BCUT2D eigenvalue weighted by Crippen LogP contribution is 2.36. The van der Waals surface area contributed by atoms with E-state index in [4.69, 9.17) is 10.5 Å². The van der Waals surface area contributed by atoms with E-state index in [0.717, 1.165) is 11.8 Å². The Hall–Kier alpha value is -4.24. The molecule has 1 aliphatic rings. The number of fused-ring (bicyclic) bond motifs is 1. The third-order valence-electron chi connectivity index (χ3n) is 5.67. The van der Waals surface area contributed by atoms with Crippen LogP contribution in [0.4, 0.5) is 16.0 Å².